The van der Waals surface area contributed by atoms with Gasteiger partial charge in [-0.2, -0.15) is 0 Å². The van der Waals surface area contributed by atoms with Crippen molar-refractivity contribution in [3.63, 3.8) is 0 Å². The highest BCUT2D eigenvalue weighted by Crippen LogP contribution is 2.19. The van der Waals surface area contributed by atoms with Gasteiger partial charge in [0.25, 0.3) is 0 Å². The Balaban J connectivity index is 2.00. The lowest BCUT2D eigenvalue weighted by Gasteiger charge is -2.24. The summed E-state index contributed by atoms with van der Waals surface area (Å²) in [5.74, 6) is 2.09. The number of aromatic nitrogens is 1. The van der Waals surface area contributed by atoms with Crippen LogP contribution in [0.4, 0.5) is 0 Å². The van der Waals surface area contributed by atoms with Crippen LogP contribution in [0.15, 0.2) is 10.7 Å². The van der Waals surface area contributed by atoms with E-state index < -0.39 is 0 Å². The van der Waals surface area contributed by atoms with Gasteiger partial charge in [0.2, 0.25) is 0 Å². The molecule has 0 atom stereocenters. The lowest BCUT2D eigenvalue weighted by atomic mass is 10.0. The molecule has 0 saturated carbocycles. The van der Waals surface area contributed by atoms with Gasteiger partial charge < -0.3 is 9.73 Å². The van der Waals surface area contributed by atoms with E-state index in [0.717, 1.165) is 31.1 Å². The Kier molecular flexibility index (Phi) is 2.36. The van der Waals surface area contributed by atoms with Gasteiger partial charge in [-0.15, -0.1) is 0 Å². The number of nitrogens with zero attached hydrogens (tertiary/aromatic N) is 1. The van der Waals surface area contributed by atoms with Crippen molar-refractivity contribution in [2.75, 3.05) is 13.1 Å². The lowest BCUT2D eigenvalue weighted by molar-refractivity contribution is 0.436. The van der Waals surface area contributed by atoms with Gasteiger partial charge in [0.1, 0.15) is 6.26 Å². The van der Waals surface area contributed by atoms with E-state index >= 15 is 0 Å². The molecule has 1 aliphatic heterocycles. The fourth-order valence-corrected chi connectivity index (χ4v) is 1.45. The summed E-state index contributed by atoms with van der Waals surface area (Å²) >= 11 is 0. The Morgan fingerprint density at radius 1 is 1.62 bits per heavy atom. The first-order valence-electron chi connectivity index (χ1n) is 4.90. The van der Waals surface area contributed by atoms with Crippen LogP contribution in [0.25, 0.3) is 0 Å². The maximum atomic E-state index is 5.39. The van der Waals surface area contributed by atoms with Gasteiger partial charge in [0, 0.05) is 25.4 Å². The Bertz CT molecular complexity index is 276. The monoisotopic (exact) mass is 180 g/mol. The summed E-state index contributed by atoms with van der Waals surface area (Å²) < 4.78 is 5.39. The Labute approximate surface area is 78.5 Å². The van der Waals surface area contributed by atoms with Crippen molar-refractivity contribution in [1.82, 2.24) is 10.3 Å². The Hall–Kier alpha value is -0.830. The molecule has 0 amide bonds. The molecule has 0 radical (unpaired) electrons. The van der Waals surface area contributed by atoms with Crippen LogP contribution in [0.5, 0.6) is 0 Å². The van der Waals surface area contributed by atoms with Crippen LogP contribution in [-0.2, 0) is 6.42 Å². The standard InChI is InChI=1S/C10H16N2O/c1-7(2)3-10-12-9(6-13-10)8-4-11-5-8/h6-8,11H,3-5H2,1-2H3. The topological polar surface area (TPSA) is 38.1 Å². The van der Waals surface area contributed by atoms with Crippen molar-refractivity contribution in [2.24, 2.45) is 5.92 Å². The summed E-state index contributed by atoms with van der Waals surface area (Å²) in [7, 11) is 0. The summed E-state index contributed by atoms with van der Waals surface area (Å²) in [4.78, 5) is 4.47. The van der Waals surface area contributed by atoms with E-state index in [0.29, 0.717) is 11.8 Å². The van der Waals surface area contributed by atoms with Crippen LogP contribution >= 0.6 is 0 Å². The van der Waals surface area contributed by atoms with Crippen molar-refractivity contribution in [3.05, 3.63) is 17.8 Å². The molecule has 3 heteroatoms. The van der Waals surface area contributed by atoms with Gasteiger partial charge in [-0.25, -0.2) is 4.98 Å². The highest BCUT2D eigenvalue weighted by Gasteiger charge is 2.22. The molecule has 0 aromatic carbocycles. The second-order valence-electron chi connectivity index (χ2n) is 4.12. The van der Waals surface area contributed by atoms with Crippen LogP contribution in [0.1, 0.15) is 31.4 Å². The van der Waals surface area contributed by atoms with Crippen LogP contribution in [-0.4, -0.2) is 18.1 Å². The summed E-state index contributed by atoms with van der Waals surface area (Å²) in [6.07, 6.45) is 2.75. The predicted octanol–water partition coefficient (Wildman–Crippen LogP) is 1.56. The minimum Gasteiger partial charge on any atom is -0.449 e. The molecule has 1 aromatic rings. The van der Waals surface area contributed by atoms with Gasteiger partial charge in [-0.05, 0) is 5.92 Å². The van der Waals surface area contributed by atoms with Crippen LogP contribution in [0.3, 0.4) is 0 Å². The van der Waals surface area contributed by atoms with Crippen LogP contribution in [0.2, 0.25) is 0 Å². The quantitative estimate of drug-likeness (QED) is 0.767. The van der Waals surface area contributed by atoms with Crippen LogP contribution in [0, 0.1) is 5.92 Å². The second kappa shape index (κ2) is 3.50. The second-order valence-corrected chi connectivity index (χ2v) is 4.12. The molecule has 1 fully saturated rings. The average Bonchev–Trinajstić information content (AvgIpc) is 2.31. The van der Waals surface area contributed by atoms with Crippen molar-refractivity contribution in [3.8, 4) is 0 Å². The minimum atomic E-state index is 0.588. The molecule has 2 heterocycles. The summed E-state index contributed by atoms with van der Waals surface area (Å²) in [6.45, 7) is 6.45. The fraction of sp³-hybridized carbons (Fsp3) is 0.700. The van der Waals surface area contributed by atoms with E-state index in [2.05, 4.69) is 24.1 Å². The maximum Gasteiger partial charge on any atom is 0.194 e. The number of nitrogens with one attached hydrogen (secondary N) is 1. The van der Waals surface area contributed by atoms with E-state index in [1.165, 1.54) is 0 Å². The zero-order chi connectivity index (χ0) is 9.26. The first kappa shape index (κ1) is 8.75. The van der Waals surface area contributed by atoms with Gasteiger partial charge in [0.05, 0.1) is 5.69 Å². The fourth-order valence-electron chi connectivity index (χ4n) is 1.45. The molecular formula is C10H16N2O. The van der Waals surface area contributed by atoms with Crippen molar-refractivity contribution < 1.29 is 4.42 Å². The Morgan fingerprint density at radius 3 is 2.92 bits per heavy atom. The molecule has 0 aliphatic carbocycles. The highest BCUT2D eigenvalue weighted by atomic mass is 16.3. The molecule has 13 heavy (non-hydrogen) atoms. The zero-order valence-electron chi connectivity index (χ0n) is 8.21. The number of oxazole rings is 1. The van der Waals surface area contributed by atoms with E-state index in [9.17, 15) is 0 Å². The molecule has 1 saturated heterocycles. The number of rotatable bonds is 3. The molecule has 0 spiro atoms. The molecule has 1 aliphatic rings. The molecular weight excluding hydrogens is 164 g/mol. The summed E-state index contributed by atoms with van der Waals surface area (Å²) in [5.41, 5.74) is 1.12. The average molecular weight is 180 g/mol. The number of hydrogen-bond donors (Lipinski definition) is 1. The largest absolute Gasteiger partial charge is 0.449 e. The van der Waals surface area contributed by atoms with Crippen molar-refractivity contribution in [2.45, 2.75) is 26.2 Å². The minimum absolute atomic E-state index is 0.588. The van der Waals surface area contributed by atoms with Crippen molar-refractivity contribution in [1.29, 1.82) is 0 Å². The smallest absolute Gasteiger partial charge is 0.194 e. The van der Waals surface area contributed by atoms with Crippen molar-refractivity contribution >= 4 is 0 Å². The SMILES string of the molecule is CC(C)Cc1nc(C2CNC2)co1. The third kappa shape index (κ3) is 1.91. The van der Waals surface area contributed by atoms with Crippen LogP contribution < -0.4 is 5.32 Å². The highest BCUT2D eigenvalue weighted by molar-refractivity contribution is 5.09. The first-order chi connectivity index (χ1) is 6.25. The molecule has 1 N–H and O–H groups in total. The lowest BCUT2D eigenvalue weighted by Crippen LogP contribution is -2.40. The predicted molar refractivity (Wildman–Crippen MR) is 50.7 cm³/mol. The van der Waals surface area contributed by atoms with Gasteiger partial charge in [-0.1, -0.05) is 13.8 Å². The molecule has 72 valence electrons. The van der Waals surface area contributed by atoms with Gasteiger partial charge >= 0.3 is 0 Å². The van der Waals surface area contributed by atoms with Gasteiger partial charge in [-0.3, -0.25) is 0 Å². The third-order valence-electron chi connectivity index (χ3n) is 2.35. The molecule has 1 aromatic heterocycles. The first-order valence-corrected chi connectivity index (χ1v) is 4.90. The molecule has 0 unspecified atom stereocenters. The molecule has 0 bridgehead atoms. The molecule has 2 rings (SSSR count). The van der Waals surface area contributed by atoms with E-state index in [-0.39, 0.29) is 0 Å². The van der Waals surface area contributed by atoms with Gasteiger partial charge in [0.15, 0.2) is 5.89 Å². The van der Waals surface area contributed by atoms with E-state index in [1.807, 2.05) is 6.26 Å². The maximum absolute atomic E-state index is 5.39. The number of hydrogen-bond acceptors (Lipinski definition) is 3. The molecule has 3 nitrogen and oxygen atoms in total. The summed E-state index contributed by atoms with van der Waals surface area (Å²) in [5, 5.41) is 3.23. The zero-order valence-corrected chi connectivity index (χ0v) is 8.21. The van der Waals surface area contributed by atoms with E-state index in [1.54, 1.807) is 0 Å². The normalized spacial score (nSPS) is 17.8. The van der Waals surface area contributed by atoms with E-state index in [4.69, 9.17) is 4.42 Å². The summed E-state index contributed by atoms with van der Waals surface area (Å²) in [6, 6.07) is 0. The Morgan fingerprint density at radius 2 is 2.38 bits per heavy atom. The third-order valence-corrected chi connectivity index (χ3v) is 2.35.